The topological polar surface area (TPSA) is 48.8 Å². The Balaban J connectivity index is 1.68. The highest BCUT2D eigenvalue weighted by Gasteiger charge is 2.38. The van der Waals surface area contributed by atoms with Crippen molar-refractivity contribution in [2.45, 2.75) is 44.3 Å². The maximum atomic E-state index is 12.8. The minimum absolute atomic E-state index is 0.0598. The lowest BCUT2D eigenvalue weighted by atomic mass is 10.3. The third-order valence-electron chi connectivity index (χ3n) is 4.61. The summed E-state index contributed by atoms with van der Waals surface area (Å²) < 4.78 is 2.05. The average molecular weight is 318 g/mol. The van der Waals surface area contributed by atoms with Gasteiger partial charge in [0.25, 0.3) is 0 Å². The predicted molar refractivity (Wildman–Crippen MR) is 87.8 cm³/mol. The molecule has 6 heteroatoms. The van der Waals surface area contributed by atoms with Crippen molar-refractivity contribution in [3.8, 4) is 0 Å². The highest BCUT2D eigenvalue weighted by Crippen LogP contribution is 2.31. The number of rotatable bonds is 6. The lowest BCUT2D eigenvalue weighted by molar-refractivity contribution is -0.133. The second kappa shape index (κ2) is 6.26. The summed E-state index contributed by atoms with van der Waals surface area (Å²) in [7, 11) is 5.48. The van der Waals surface area contributed by atoms with Gasteiger partial charge in [0, 0.05) is 45.1 Å². The van der Waals surface area contributed by atoms with Crippen molar-refractivity contribution >= 4 is 11.9 Å². The lowest BCUT2D eigenvalue weighted by Gasteiger charge is -2.29. The summed E-state index contributed by atoms with van der Waals surface area (Å²) in [6, 6.07) is 4.57. The maximum Gasteiger partial charge on any atom is 0.320 e. The molecule has 2 aliphatic carbocycles. The molecule has 3 rings (SSSR count). The minimum atomic E-state index is -0.0598. The molecule has 126 valence electrons. The van der Waals surface area contributed by atoms with Crippen LogP contribution in [0, 0.1) is 0 Å². The van der Waals surface area contributed by atoms with Crippen LogP contribution in [0.25, 0.3) is 0 Å². The molecule has 3 amide bonds. The van der Waals surface area contributed by atoms with Gasteiger partial charge >= 0.3 is 6.03 Å². The van der Waals surface area contributed by atoms with Crippen LogP contribution in [0.15, 0.2) is 18.3 Å². The van der Waals surface area contributed by atoms with Gasteiger partial charge in [-0.2, -0.15) is 0 Å². The average Bonchev–Trinajstić information content (AvgIpc) is 3.41. The largest absolute Gasteiger partial charge is 0.353 e. The molecule has 2 saturated carbocycles. The van der Waals surface area contributed by atoms with Crippen molar-refractivity contribution in [2.24, 2.45) is 7.05 Å². The first kappa shape index (κ1) is 15.9. The van der Waals surface area contributed by atoms with Crippen LogP contribution in [0.3, 0.4) is 0 Å². The van der Waals surface area contributed by atoms with Gasteiger partial charge in [0.1, 0.15) is 6.54 Å². The molecule has 1 aromatic heterocycles. The monoisotopic (exact) mass is 318 g/mol. The van der Waals surface area contributed by atoms with E-state index in [1.54, 1.807) is 23.9 Å². The zero-order chi connectivity index (χ0) is 16.6. The highest BCUT2D eigenvalue weighted by atomic mass is 16.2. The van der Waals surface area contributed by atoms with Crippen LogP contribution in [0.1, 0.15) is 31.4 Å². The van der Waals surface area contributed by atoms with Crippen molar-refractivity contribution < 1.29 is 9.59 Å². The fourth-order valence-corrected chi connectivity index (χ4v) is 2.87. The van der Waals surface area contributed by atoms with Crippen molar-refractivity contribution in [1.82, 2.24) is 19.3 Å². The molecule has 2 aliphatic rings. The van der Waals surface area contributed by atoms with Gasteiger partial charge < -0.3 is 19.3 Å². The quantitative estimate of drug-likeness (QED) is 0.801. The molecule has 1 heterocycles. The Labute approximate surface area is 137 Å². The van der Waals surface area contributed by atoms with Gasteiger partial charge in [-0.1, -0.05) is 0 Å². The molecule has 0 spiro atoms. The third-order valence-corrected chi connectivity index (χ3v) is 4.61. The standard InChI is InChI=1S/C17H26N4O2/c1-18(2)17(23)21(14-8-9-14)12-16(22)20(13-6-7-13)11-15-5-4-10-19(15)3/h4-5,10,13-14H,6-9,11-12H2,1-3H3. The minimum Gasteiger partial charge on any atom is -0.353 e. The molecule has 1 aromatic rings. The van der Waals surface area contributed by atoms with Gasteiger partial charge in [-0.25, -0.2) is 4.79 Å². The normalized spacial score (nSPS) is 17.0. The molecular formula is C17H26N4O2. The number of carbonyl (C=O) groups is 2. The number of nitrogens with zero attached hydrogens (tertiary/aromatic N) is 4. The smallest absolute Gasteiger partial charge is 0.320 e. The van der Waals surface area contributed by atoms with Crippen molar-refractivity contribution in [2.75, 3.05) is 20.6 Å². The van der Waals surface area contributed by atoms with Crippen LogP contribution in [-0.2, 0) is 18.4 Å². The number of aryl methyl sites for hydroxylation is 1. The first-order chi connectivity index (χ1) is 11.0. The molecule has 0 N–H and O–H groups in total. The Bertz CT molecular complexity index is 587. The van der Waals surface area contributed by atoms with E-state index < -0.39 is 0 Å². The first-order valence-corrected chi connectivity index (χ1v) is 8.35. The summed E-state index contributed by atoms with van der Waals surface area (Å²) in [5.41, 5.74) is 1.13. The van der Waals surface area contributed by atoms with Gasteiger partial charge in [0.2, 0.25) is 5.91 Å². The second-order valence-electron chi connectivity index (χ2n) is 6.90. The van der Waals surface area contributed by atoms with E-state index in [0.29, 0.717) is 12.6 Å². The van der Waals surface area contributed by atoms with E-state index in [1.807, 2.05) is 34.8 Å². The van der Waals surface area contributed by atoms with Crippen LogP contribution in [-0.4, -0.2) is 63.9 Å². The summed E-state index contributed by atoms with van der Waals surface area (Å²) in [6.07, 6.45) is 6.15. The molecule has 0 aromatic carbocycles. The summed E-state index contributed by atoms with van der Waals surface area (Å²) in [5, 5.41) is 0. The van der Waals surface area contributed by atoms with E-state index in [4.69, 9.17) is 0 Å². The summed E-state index contributed by atoms with van der Waals surface area (Å²) in [6.45, 7) is 0.824. The zero-order valence-electron chi connectivity index (χ0n) is 14.2. The van der Waals surface area contributed by atoms with Gasteiger partial charge in [-0.3, -0.25) is 4.79 Å². The Morgan fingerprint density at radius 3 is 2.22 bits per heavy atom. The lowest BCUT2D eigenvalue weighted by Crippen LogP contribution is -2.47. The molecule has 23 heavy (non-hydrogen) atoms. The number of amides is 3. The number of hydrogen-bond acceptors (Lipinski definition) is 2. The molecular weight excluding hydrogens is 292 g/mol. The molecule has 0 radical (unpaired) electrons. The van der Waals surface area contributed by atoms with Crippen LogP contribution < -0.4 is 0 Å². The van der Waals surface area contributed by atoms with Crippen LogP contribution >= 0.6 is 0 Å². The van der Waals surface area contributed by atoms with Gasteiger partial charge in [-0.05, 0) is 37.8 Å². The fraction of sp³-hybridized carbons (Fsp3) is 0.647. The van der Waals surface area contributed by atoms with E-state index in [1.165, 1.54) is 0 Å². The molecule has 0 unspecified atom stereocenters. The Morgan fingerprint density at radius 1 is 1.13 bits per heavy atom. The molecule has 0 atom stereocenters. The van der Waals surface area contributed by atoms with E-state index in [0.717, 1.165) is 31.4 Å². The van der Waals surface area contributed by atoms with Crippen molar-refractivity contribution in [3.05, 3.63) is 24.0 Å². The number of urea groups is 1. The van der Waals surface area contributed by atoms with Gasteiger partial charge in [0.15, 0.2) is 0 Å². The fourth-order valence-electron chi connectivity index (χ4n) is 2.87. The highest BCUT2D eigenvalue weighted by molar-refractivity contribution is 5.84. The van der Waals surface area contributed by atoms with E-state index in [2.05, 4.69) is 0 Å². The second-order valence-corrected chi connectivity index (χ2v) is 6.90. The molecule has 0 aliphatic heterocycles. The van der Waals surface area contributed by atoms with Crippen LogP contribution in [0.5, 0.6) is 0 Å². The molecule has 6 nitrogen and oxygen atoms in total. The summed E-state index contributed by atoms with van der Waals surface area (Å²) >= 11 is 0. The zero-order valence-corrected chi connectivity index (χ0v) is 14.2. The van der Waals surface area contributed by atoms with Crippen molar-refractivity contribution in [3.63, 3.8) is 0 Å². The first-order valence-electron chi connectivity index (χ1n) is 8.35. The van der Waals surface area contributed by atoms with E-state index in [9.17, 15) is 9.59 Å². The SMILES string of the molecule is CN(C)C(=O)N(CC(=O)N(Cc1cccn1C)C1CC1)C1CC1. The Kier molecular flexibility index (Phi) is 4.33. The van der Waals surface area contributed by atoms with Crippen LogP contribution in [0.4, 0.5) is 4.79 Å². The van der Waals surface area contributed by atoms with Crippen molar-refractivity contribution in [1.29, 1.82) is 0 Å². The summed E-state index contributed by atoms with van der Waals surface area (Å²) in [5.74, 6) is 0.0656. The number of hydrogen-bond donors (Lipinski definition) is 0. The van der Waals surface area contributed by atoms with Gasteiger partial charge in [-0.15, -0.1) is 0 Å². The third kappa shape index (κ3) is 3.68. The molecule has 0 saturated heterocycles. The maximum absolute atomic E-state index is 12.8. The Morgan fingerprint density at radius 2 is 1.74 bits per heavy atom. The summed E-state index contributed by atoms with van der Waals surface area (Å²) in [4.78, 5) is 30.4. The van der Waals surface area contributed by atoms with E-state index in [-0.39, 0.29) is 24.5 Å². The van der Waals surface area contributed by atoms with E-state index >= 15 is 0 Å². The molecule has 2 fully saturated rings. The van der Waals surface area contributed by atoms with Gasteiger partial charge in [0.05, 0.1) is 6.54 Å². The van der Waals surface area contributed by atoms with Crippen LogP contribution in [0.2, 0.25) is 0 Å². The molecule has 0 bridgehead atoms. The predicted octanol–water partition coefficient (Wildman–Crippen LogP) is 1.66. The Hall–Kier alpha value is -1.98. The number of aromatic nitrogens is 1. The number of carbonyl (C=O) groups excluding carboxylic acids is 2.